The molecule has 0 spiro atoms. The maximum absolute atomic E-state index is 12.8. The van der Waals surface area contributed by atoms with Crippen LogP contribution in [-0.2, 0) is 18.4 Å². The first kappa shape index (κ1) is 21.3. The summed E-state index contributed by atoms with van der Waals surface area (Å²) in [5.74, 6) is 4.71. The lowest BCUT2D eigenvalue weighted by molar-refractivity contribution is -0.115. The fraction of sp³-hybridized carbons (Fsp3) is 0.750. The highest BCUT2D eigenvalue weighted by atomic mass is 31.2. The summed E-state index contributed by atoms with van der Waals surface area (Å²) in [4.78, 5) is 11.9. The molecule has 4 rings (SSSR count). The van der Waals surface area contributed by atoms with E-state index >= 15 is 0 Å². The van der Waals surface area contributed by atoms with Crippen LogP contribution in [0.3, 0.4) is 0 Å². The van der Waals surface area contributed by atoms with Gasteiger partial charge in [-0.05, 0) is 99.5 Å². The fourth-order valence-corrected chi connectivity index (χ4v) is 8.12. The van der Waals surface area contributed by atoms with Gasteiger partial charge in [0.1, 0.15) is 0 Å². The largest absolute Gasteiger partial charge is 0.361 e. The smallest absolute Gasteiger partial charge is 0.305 e. The fourth-order valence-electron chi connectivity index (χ4n) is 6.86. The minimum Gasteiger partial charge on any atom is -0.305 e. The van der Waals surface area contributed by atoms with E-state index in [4.69, 9.17) is 9.05 Å². The van der Waals surface area contributed by atoms with Crippen molar-refractivity contribution in [1.29, 1.82) is 0 Å². The van der Waals surface area contributed by atoms with Gasteiger partial charge in [0, 0.05) is 6.42 Å². The summed E-state index contributed by atoms with van der Waals surface area (Å²) < 4.78 is 23.7. The quantitative estimate of drug-likeness (QED) is 0.381. The van der Waals surface area contributed by atoms with E-state index in [1.165, 1.54) is 36.8 Å². The lowest BCUT2D eigenvalue weighted by atomic mass is 9.52. The van der Waals surface area contributed by atoms with Gasteiger partial charge in [-0.2, -0.15) is 0 Å². The van der Waals surface area contributed by atoms with Gasteiger partial charge >= 0.3 is 7.60 Å². The second kappa shape index (κ2) is 8.31. The van der Waals surface area contributed by atoms with E-state index in [9.17, 15) is 9.36 Å². The predicted octanol–water partition coefficient (Wildman–Crippen LogP) is 6.43. The van der Waals surface area contributed by atoms with E-state index < -0.39 is 7.60 Å². The van der Waals surface area contributed by atoms with Crippen LogP contribution in [0, 0.1) is 29.1 Å². The molecule has 0 radical (unpaired) electrons. The maximum atomic E-state index is 12.8. The molecule has 0 N–H and O–H groups in total. The summed E-state index contributed by atoms with van der Waals surface area (Å²) in [6, 6.07) is 0. The average Bonchev–Trinajstić information content (AvgIpc) is 3.03. The first-order valence-electron chi connectivity index (χ1n) is 11.5. The van der Waals surface area contributed by atoms with Crippen molar-refractivity contribution in [2.45, 2.75) is 72.1 Å². The third-order valence-electron chi connectivity index (χ3n) is 8.10. The Balaban J connectivity index is 1.58. The molecule has 3 saturated carbocycles. The summed E-state index contributed by atoms with van der Waals surface area (Å²) in [6.07, 6.45) is 10.7. The summed E-state index contributed by atoms with van der Waals surface area (Å²) in [7, 11) is -3.20. The van der Waals surface area contributed by atoms with Crippen molar-refractivity contribution in [2.75, 3.05) is 13.2 Å². The molecule has 4 aliphatic carbocycles. The van der Waals surface area contributed by atoms with E-state index in [2.05, 4.69) is 12.7 Å². The van der Waals surface area contributed by atoms with Crippen molar-refractivity contribution in [1.82, 2.24) is 0 Å². The van der Waals surface area contributed by atoms with E-state index in [1.54, 1.807) is 5.82 Å². The highest BCUT2D eigenvalue weighted by Crippen LogP contribution is 2.63. The first-order valence-corrected chi connectivity index (χ1v) is 13.1. The lowest BCUT2D eigenvalue weighted by Crippen LogP contribution is -2.45. The van der Waals surface area contributed by atoms with Gasteiger partial charge in [-0.1, -0.05) is 12.5 Å². The van der Waals surface area contributed by atoms with Crippen LogP contribution in [0.2, 0.25) is 0 Å². The van der Waals surface area contributed by atoms with Crippen molar-refractivity contribution in [3.05, 3.63) is 28.8 Å². The molecule has 0 aromatic heterocycles. The molecule has 5 heteroatoms. The topological polar surface area (TPSA) is 52.6 Å². The van der Waals surface area contributed by atoms with Crippen LogP contribution in [0.25, 0.3) is 0 Å². The van der Waals surface area contributed by atoms with Crippen LogP contribution in [0.15, 0.2) is 28.8 Å². The zero-order valence-corrected chi connectivity index (χ0v) is 19.0. The maximum Gasteiger partial charge on any atom is 0.361 e. The molecule has 0 saturated heterocycles. The van der Waals surface area contributed by atoms with Crippen LogP contribution >= 0.6 is 7.60 Å². The van der Waals surface area contributed by atoms with Crippen molar-refractivity contribution >= 4 is 13.4 Å². The van der Waals surface area contributed by atoms with Crippen molar-refractivity contribution in [3.8, 4) is 0 Å². The Morgan fingerprint density at radius 1 is 1.10 bits per heavy atom. The number of hydrogen-bond donors (Lipinski definition) is 0. The first-order chi connectivity index (χ1) is 13.9. The van der Waals surface area contributed by atoms with Gasteiger partial charge < -0.3 is 9.05 Å². The number of carbonyl (C=O) groups is 1. The normalized spacial score (nSPS) is 36.6. The van der Waals surface area contributed by atoms with Crippen LogP contribution in [0.4, 0.5) is 0 Å². The molecular weight excluding hydrogens is 383 g/mol. The van der Waals surface area contributed by atoms with Gasteiger partial charge in [0.15, 0.2) is 5.78 Å². The molecule has 3 fully saturated rings. The molecule has 4 nitrogen and oxygen atoms in total. The Hall–Kier alpha value is -0.920. The van der Waals surface area contributed by atoms with Crippen LogP contribution in [-0.4, -0.2) is 19.0 Å². The Labute approximate surface area is 175 Å². The summed E-state index contributed by atoms with van der Waals surface area (Å²) in [5.41, 5.74) is 6.30. The van der Waals surface area contributed by atoms with Crippen molar-refractivity contribution < 1.29 is 18.4 Å². The van der Waals surface area contributed by atoms with Crippen LogP contribution in [0.1, 0.15) is 72.1 Å². The van der Waals surface area contributed by atoms with Gasteiger partial charge in [0.25, 0.3) is 0 Å². The van der Waals surface area contributed by atoms with Gasteiger partial charge in [0.2, 0.25) is 0 Å². The molecule has 0 aromatic rings. The molecule has 0 heterocycles. The lowest BCUT2D eigenvalue weighted by Gasteiger charge is -2.52. The van der Waals surface area contributed by atoms with Crippen molar-refractivity contribution in [2.24, 2.45) is 29.1 Å². The standard InChI is InChI=1S/C24H35O4P/c1-4-27-29(26,28-5-2)15-13-18-7-11-23-22-9-6-17-16-19(25)8-10-20(17)21(22)12-14-24(18,23)3/h15-16,20-23H,4-12,14H2,1-3H3/t13?,20?,21-,22-,23+,24-/m1/s1. The van der Waals surface area contributed by atoms with E-state index in [1.807, 2.05) is 19.9 Å². The number of hydrogen-bond acceptors (Lipinski definition) is 4. The third kappa shape index (κ3) is 3.90. The third-order valence-corrected chi connectivity index (χ3v) is 9.78. The highest BCUT2D eigenvalue weighted by molar-refractivity contribution is 7.57. The van der Waals surface area contributed by atoms with Crippen molar-refractivity contribution in [3.63, 3.8) is 0 Å². The second-order valence-electron chi connectivity index (χ2n) is 9.43. The van der Waals surface area contributed by atoms with Gasteiger partial charge in [-0.3, -0.25) is 9.36 Å². The summed E-state index contributed by atoms with van der Waals surface area (Å²) >= 11 is 0. The molecule has 1 unspecified atom stereocenters. The molecule has 5 atom stereocenters. The Morgan fingerprint density at radius 3 is 2.59 bits per heavy atom. The zero-order chi connectivity index (χ0) is 20.6. The van der Waals surface area contributed by atoms with Gasteiger partial charge in [0.05, 0.1) is 19.0 Å². The number of ketones is 1. The minimum atomic E-state index is -3.20. The van der Waals surface area contributed by atoms with Gasteiger partial charge in [-0.25, -0.2) is 0 Å². The minimum absolute atomic E-state index is 0.145. The monoisotopic (exact) mass is 418 g/mol. The number of fused-ring (bicyclic) bond motifs is 5. The van der Waals surface area contributed by atoms with E-state index in [-0.39, 0.29) is 5.41 Å². The molecule has 0 aromatic carbocycles. The van der Waals surface area contributed by atoms with E-state index in [0.717, 1.165) is 37.5 Å². The Morgan fingerprint density at radius 2 is 1.86 bits per heavy atom. The number of carbonyl (C=O) groups excluding carboxylic acids is 1. The van der Waals surface area contributed by atoms with Crippen LogP contribution < -0.4 is 0 Å². The number of allylic oxidation sites excluding steroid dienone is 2. The molecule has 0 bridgehead atoms. The molecular formula is C24H35O4P. The SMILES string of the molecule is CCOP(=O)(C=C=C1CC[C@H]2[C@@H]3CCC4=CC(=O)CCC4[C@H]3CC[C@]12C)OCC. The number of rotatable bonds is 5. The highest BCUT2D eigenvalue weighted by Gasteiger charge is 2.54. The zero-order valence-electron chi connectivity index (χ0n) is 18.1. The second-order valence-corrected chi connectivity index (χ2v) is 11.3. The molecule has 4 aliphatic rings. The van der Waals surface area contributed by atoms with Gasteiger partial charge in [-0.15, -0.1) is 5.73 Å². The Kier molecular flexibility index (Phi) is 6.11. The van der Waals surface area contributed by atoms with Crippen LogP contribution in [0.5, 0.6) is 0 Å². The summed E-state index contributed by atoms with van der Waals surface area (Å²) in [5, 5.41) is 0. The summed E-state index contributed by atoms with van der Waals surface area (Å²) in [6.45, 7) is 6.82. The average molecular weight is 419 g/mol. The van der Waals surface area contributed by atoms with E-state index in [0.29, 0.717) is 30.8 Å². The Bertz CT molecular complexity index is 796. The molecule has 29 heavy (non-hydrogen) atoms. The predicted molar refractivity (Wildman–Crippen MR) is 115 cm³/mol. The molecule has 0 amide bonds. The molecule has 0 aliphatic heterocycles. The molecule has 160 valence electrons.